The van der Waals surface area contributed by atoms with E-state index in [1.165, 1.54) is 0 Å². The molecule has 0 amide bonds. The lowest BCUT2D eigenvalue weighted by atomic mass is 9.91. The van der Waals surface area contributed by atoms with Crippen LogP contribution < -0.4 is 5.32 Å². The minimum absolute atomic E-state index is 0.405. The minimum Gasteiger partial charge on any atom is -0.479 e. The molecule has 0 fully saturated rings. The highest BCUT2D eigenvalue weighted by Gasteiger charge is 2.36. The van der Waals surface area contributed by atoms with Crippen molar-refractivity contribution in [2.45, 2.75) is 18.9 Å². The Morgan fingerprint density at radius 1 is 1.45 bits per heavy atom. The summed E-state index contributed by atoms with van der Waals surface area (Å²) in [6, 6.07) is 5.62. The number of carboxylic acids is 1. The molecule has 1 atom stereocenters. The van der Waals surface area contributed by atoms with E-state index in [0.717, 1.165) is 22.5 Å². The van der Waals surface area contributed by atoms with Gasteiger partial charge in [0.15, 0.2) is 5.54 Å². The number of aliphatic carboxylic acids is 1. The second-order valence-electron chi connectivity index (χ2n) is 4.91. The first-order valence-electron chi connectivity index (χ1n) is 6.42. The number of nitrogens with one attached hydrogen (secondary N) is 2. The molecule has 1 aromatic carbocycles. The van der Waals surface area contributed by atoms with Crippen LogP contribution in [0, 0.1) is 6.92 Å². The molecule has 0 saturated heterocycles. The van der Waals surface area contributed by atoms with E-state index in [9.17, 15) is 9.90 Å². The van der Waals surface area contributed by atoms with E-state index in [1.54, 1.807) is 12.2 Å². The monoisotopic (exact) mass is 269 g/mol. The number of aromatic nitrogens is 2. The number of hydrogen-bond acceptors (Lipinski definition) is 3. The third-order valence-corrected chi connectivity index (χ3v) is 3.44. The fourth-order valence-corrected chi connectivity index (χ4v) is 2.42. The average molecular weight is 269 g/mol. The van der Waals surface area contributed by atoms with Crippen molar-refractivity contribution in [3.8, 4) is 0 Å². The van der Waals surface area contributed by atoms with Crippen molar-refractivity contribution >= 4 is 22.7 Å². The zero-order valence-corrected chi connectivity index (χ0v) is 11.1. The molecule has 3 N–H and O–H groups in total. The van der Waals surface area contributed by atoms with Crippen LogP contribution in [-0.2, 0) is 4.79 Å². The van der Waals surface area contributed by atoms with Gasteiger partial charge in [-0.2, -0.15) is 0 Å². The molecular weight excluding hydrogens is 254 g/mol. The van der Waals surface area contributed by atoms with Gasteiger partial charge in [0.25, 0.3) is 0 Å². The maximum absolute atomic E-state index is 11.6. The van der Waals surface area contributed by atoms with Crippen LogP contribution in [0.3, 0.4) is 0 Å². The highest BCUT2D eigenvalue weighted by Crippen LogP contribution is 2.28. The van der Waals surface area contributed by atoms with Gasteiger partial charge in [-0.1, -0.05) is 24.3 Å². The number of H-pyrrole nitrogens is 1. The van der Waals surface area contributed by atoms with Crippen LogP contribution in [-0.4, -0.2) is 26.6 Å². The summed E-state index contributed by atoms with van der Waals surface area (Å²) < 4.78 is 0. The summed E-state index contributed by atoms with van der Waals surface area (Å²) in [6.07, 6.45) is 7.53. The van der Waals surface area contributed by atoms with Gasteiger partial charge in [0.05, 0.1) is 16.7 Å². The zero-order valence-electron chi connectivity index (χ0n) is 11.1. The summed E-state index contributed by atoms with van der Waals surface area (Å²) in [4.78, 5) is 19.2. The second-order valence-corrected chi connectivity index (χ2v) is 4.91. The van der Waals surface area contributed by atoms with Gasteiger partial charge in [0.1, 0.15) is 5.82 Å². The van der Waals surface area contributed by atoms with Gasteiger partial charge >= 0.3 is 5.97 Å². The van der Waals surface area contributed by atoms with E-state index in [1.807, 2.05) is 37.3 Å². The number of hydrogen-bond donors (Lipinski definition) is 3. The molecule has 102 valence electrons. The van der Waals surface area contributed by atoms with Crippen LogP contribution in [0.25, 0.3) is 11.0 Å². The third kappa shape index (κ3) is 1.97. The normalized spacial score (nSPS) is 21.2. The van der Waals surface area contributed by atoms with Crippen LogP contribution in [0.5, 0.6) is 0 Å². The maximum Gasteiger partial charge on any atom is 0.333 e. The molecule has 1 aliphatic carbocycles. The largest absolute Gasteiger partial charge is 0.479 e. The molecule has 0 radical (unpaired) electrons. The fraction of sp³-hybridized carbons (Fsp3) is 0.200. The van der Waals surface area contributed by atoms with Gasteiger partial charge in [-0.3, -0.25) is 0 Å². The van der Waals surface area contributed by atoms with Gasteiger partial charge in [-0.05, 0) is 25.1 Å². The predicted molar refractivity (Wildman–Crippen MR) is 77.7 cm³/mol. The molecule has 1 unspecified atom stereocenters. The number of para-hydroxylation sites is 1. The first-order valence-corrected chi connectivity index (χ1v) is 6.42. The van der Waals surface area contributed by atoms with Crippen molar-refractivity contribution in [1.29, 1.82) is 0 Å². The van der Waals surface area contributed by atoms with Gasteiger partial charge in [-0.25, -0.2) is 9.78 Å². The number of fused-ring (bicyclic) bond motifs is 1. The number of rotatable bonds is 3. The van der Waals surface area contributed by atoms with E-state index >= 15 is 0 Å². The first kappa shape index (κ1) is 12.5. The molecule has 0 aliphatic heterocycles. The van der Waals surface area contributed by atoms with Gasteiger partial charge < -0.3 is 15.4 Å². The van der Waals surface area contributed by atoms with E-state index in [-0.39, 0.29) is 0 Å². The molecule has 1 aromatic heterocycles. The quantitative estimate of drug-likeness (QED) is 0.800. The number of nitrogens with zero attached hydrogens (tertiary/aromatic N) is 1. The predicted octanol–water partition coefficient (Wildman–Crippen LogP) is 2.62. The highest BCUT2D eigenvalue weighted by atomic mass is 16.4. The van der Waals surface area contributed by atoms with Gasteiger partial charge in [-0.15, -0.1) is 0 Å². The van der Waals surface area contributed by atoms with E-state index < -0.39 is 11.5 Å². The van der Waals surface area contributed by atoms with Crippen molar-refractivity contribution in [3.63, 3.8) is 0 Å². The summed E-state index contributed by atoms with van der Waals surface area (Å²) in [6.45, 7) is 1.87. The zero-order chi connectivity index (χ0) is 14.2. The number of benzene rings is 1. The van der Waals surface area contributed by atoms with Crippen molar-refractivity contribution in [2.24, 2.45) is 0 Å². The summed E-state index contributed by atoms with van der Waals surface area (Å²) in [7, 11) is 0. The Bertz CT molecular complexity index is 730. The topological polar surface area (TPSA) is 78.0 Å². The Kier molecular flexibility index (Phi) is 2.82. The molecule has 1 aliphatic rings. The van der Waals surface area contributed by atoms with Crippen LogP contribution in [0.15, 0.2) is 42.5 Å². The van der Waals surface area contributed by atoms with E-state index in [0.29, 0.717) is 6.42 Å². The van der Waals surface area contributed by atoms with Gasteiger partial charge in [0.2, 0.25) is 0 Å². The SMILES string of the molecule is Cc1nc2cccc(NC3(C(=O)O)C=CC=CC3)c2[nH]1. The molecular formula is C15H15N3O2. The lowest BCUT2D eigenvalue weighted by Crippen LogP contribution is -2.44. The molecule has 1 heterocycles. The summed E-state index contributed by atoms with van der Waals surface area (Å²) >= 11 is 0. The number of aryl methyl sites for hydroxylation is 1. The Hall–Kier alpha value is -2.56. The Balaban J connectivity index is 2.05. The molecule has 5 nitrogen and oxygen atoms in total. The molecule has 2 aromatic rings. The van der Waals surface area contributed by atoms with Crippen molar-refractivity contribution in [1.82, 2.24) is 9.97 Å². The minimum atomic E-state index is -1.11. The summed E-state index contributed by atoms with van der Waals surface area (Å²) in [5.41, 5.74) is 1.28. The molecule has 3 rings (SSSR count). The van der Waals surface area contributed by atoms with E-state index in [2.05, 4.69) is 15.3 Å². The number of allylic oxidation sites excluding steroid dienone is 2. The third-order valence-electron chi connectivity index (χ3n) is 3.44. The van der Waals surface area contributed by atoms with Crippen LogP contribution in [0.4, 0.5) is 5.69 Å². The van der Waals surface area contributed by atoms with Crippen molar-refractivity contribution in [3.05, 3.63) is 48.3 Å². The van der Waals surface area contributed by atoms with Crippen LogP contribution in [0.1, 0.15) is 12.2 Å². The highest BCUT2D eigenvalue weighted by molar-refractivity contribution is 5.93. The van der Waals surface area contributed by atoms with Crippen molar-refractivity contribution < 1.29 is 9.90 Å². The molecule has 5 heteroatoms. The van der Waals surface area contributed by atoms with E-state index in [4.69, 9.17) is 0 Å². The number of aromatic amines is 1. The maximum atomic E-state index is 11.6. The van der Waals surface area contributed by atoms with Crippen molar-refractivity contribution in [2.75, 3.05) is 5.32 Å². The molecule has 0 spiro atoms. The average Bonchev–Trinajstić information content (AvgIpc) is 2.81. The standard InChI is InChI=1S/C15H15N3O2/c1-10-16-11-6-5-7-12(13(11)17-10)18-15(14(19)20)8-3-2-4-9-15/h2-8,18H,9H2,1H3,(H,16,17)(H,19,20). The number of carbonyl (C=O) groups is 1. The fourth-order valence-electron chi connectivity index (χ4n) is 2.42. The second kappa shape index (κ2) is 4.52. The molecule has 0 bridgehead atoms. The molecule has 0 saturated carbocycles. The Morgan fingerprint density at radius 2 is 2.30 bits per heavy atom. The Morgan fingerprint density at radius 3 is 3.00 bits per heavy atom. The lowest BCUT2D eigenvalue weighted by Gasteiger charge is -2.29. The van der Waals surface area contributed by atoms with Crippen LogP contribution in [0.2, 0.25) is 0 Å². The van der Waals surface area contributed by atoms with Crippen LogP contribution >= 0.6 is 0 Å². The smallest absolute Gasteiger partial charge is 0.333 e. The lowest BCUT2D eigenvalue weighted by molar-refractivity contribution is -0.140. The number of anilines is 1. The summed E-state index contributed by atoms with van der Waals surface area (Å²) in [5, 5.41) is 12.7. The van der Waals surface area contributed by atoms with Gasteiger partial charge in [0, 0.05) is 6.42 Å². The number of carboxylic acid groups (broad SMARTS) is 1. The first-order chi connectivity index (χ1) is 9.61. The number of imidazole rings is 1. The molecule has 20 heavy (non-hydrogen) atoms. The summed E-state index contributed by atoms with van der Waals surface area (Å²) in [5.74, 6) is -0.0935. The Labute approximate surface area is 116 Å².